The molecule has 0 unspecified atom stereocenters. The molecule has 1 heterocycles. The van der Waals surface area contributed by atoms with Crippen LogP contribution >= 0.6 is 23.2 Å². The van der Waals surface area contributed by atoms with Crippen molar-refractivity contribution < 1.29 is 14.5 Å². The summed E-state index contributed by atoms with van der Waals surface area (Å²) in [6.45, 7) is 3.73. The maximum atomic E-state index is 12.2. The zero-order valence-electron chi connectivity index (χ0n) is 15.6. The van der Waals surface area contributed by atoms with Crippen molar-refractivity contribution in [3.8, 4) is 0 Å². The molecule has 3 N–H and O–H groups in total. The summed E-state index contributed by atoms with van der Waals surface area (Å²) in [6, 6.07) is 12.8. The van der Waals surface area contributed by atoms with Crippen molar-refractivity contribution in [1.29, 1.82) is 0 Å². The van der Waals surface area contributed by atoms with Gasteiger partial charge in [-0.2, -0.15) is 0 Å². The number of benzene rings is 2. The van der Waals surface area contributed by atoms with Crippen molar-refractivity contribution in [2.45, 2.75) is 25.9 Å². The van der Waals surface area contributed by atoms with Gasteiger partial charge in [-0.05, 0) is 23.8 Å². The van der Waals surface area contributed by atoms with Crippen molar-refractivity contribution in [1.82, 2.24) is 10.6 Å². The summed E-state index contributed by atoms with van der Waals surface area (Å²) in [7, 11) is 0. The zero-order chi connectivity index (χ0) is 19.9. The molecule has 2 amide bonds. The number of quaternary nitrogens is 1. The molecule has 148 valence electrons. The zero-order valence-corrected chi connectivity index (χ0v) is 17.1. The number of amides is 2. The van der Waals surface area contributed by atoms with E-state index in [1.807, 2.05) is 18.2 Å². The van der Waals surface area contributed by atoms with Crippen LogP contribution in [0.1, 0.15) is 34.3 Å². The second kappa shape index (κ2) is 9.92. The van der Waals surface area contributed by atoms with Gasteiger partial charge in [0.25, 0.3) is 5.91 Å². The Morgan fingerprint density at radius 2 is 1.68 bits per heavy atom. The molecule has 1 fully saturated rings. The summed E-state index contributed by atoms with van der Waals surface area (Å²) in [5.41, 5.74) is 2.66. The SMILES string of the molecule is O=C(CNC(=O)c1ccc(Cl)cc1Cl)NCc1ccccc1C[NH+]1CCCC1. The van der Waals surface area contributed by atoms with Gasteiger partial charge in [-0.25, -0.2) is 0 Å². The van der Waals surface area contributed by atoms with Crippen LogP contribution in [-0.4, -0.2) is 31.4 Å². The van der Waals surface area contributed by atoms with Gasteiger partial charge in [-0.1, -0.05) is 47.5 Å². The molecule has 3 rings (SSSR count). The lowest BCUT2D eigenvalue weighted by Gasteiger charge is -2.15. The van der Waals surface area contributed by atoms with Crippen LogP contribution in [0.15, 0.2) is 42.5 Å². The van der Waals surface area contributed by atoms with Gasteiger partial charge in [-0.15, -0.1) is 0 Å². The van der Waals surface area contributed by atoms with E-state index in [4.69, 9.17) is 23.2 Å². The third-order valence-electron chi connectivity index (χ3n) is 4.93. The van der Waals surface area contributed by atoms with Gasteiger partial charge in [0.05, 0.1) is 30.2 Å². The van der Waals surface area contributed by atoms with Crippen LogP contribution in [0, 0.1) is 0 Å². The number of carbonyl (C=O) groups is 2. The van der Waals surface area contributed by atoms with Gasteiger partial charge in [0.1, 0.15) is 6.54 Å². The number of hydrogen-bond acceptors (Lipinski definition) is 2. The molecule has 2 aromatic carbocycles. The molecule has 1 aliphatic heterocycles. The highest BCUT2D eigenvalue weighted by molar-refractivity contribution is 6.36. The number of likely N-dealkylation sites (tertiary alicyclic amines) is 1. The summed E-state index contributed by atoms with van der Waals surface area (Å²) in [5.74, 6) is -0.656. The molecule has 0 spiro atoms. The average molecular weight is 421 g/mol. The first kappa shape index (κ1) is 20.6. The lowest BCUT2D eigenvalue weighted by molar-refractivity contribution is -0.901. The molecular formula is C21H24Cl2N3O2+. The average Bonchev–Trinajstić information content (AvgIpc) is 3.18. The summed E-state index contributed by atoms with van der Waals surface area (Å²) < 4.78 is 0. The largest absolute Gasteiger partial charge is 0.350 e. The van der Waals surface area contributed by atoms with Crippen LogP contribution in [0.4, 0.5) is 0 Å². The molecule has 1 saturated heterocycles. The number of nitrogens with one attached hydrogen (secondary N) is 3. The van der Waals surface area contributed by atoms with E-state index < -0.39 is 5.91 Å². The van der Waals surface area contributed by atoms with E-state index in [-0.39, 0.29) is 23.0 Å². The van der Waals surface area contributed by atoms with Crippen molar-refractivity contribution in [3.05, 3.63) is 69.2 Å². The van der Waals surface area contributed by atoms with Crippen LogP contribution < -0.4 is 15.5 Å². The van der Waals surface area contributed by atoms with Crippen LogP contribution in [0.5, 0.6) is 0 Å². The first-order valence-electron chi connectivity index (χ1n) is 9.43. The molecular weight excluding hydrogens is 397 g/mol. The van der Waals surface area contributed by atoms with E-state index in [0.29, 0.717) is 11.6 Å². The van der Waals surface area contributed by atoms with Crippen LogP contribution in [0.2, 0.25) is 10.0 Å². The second-order valence-corrected chi connectivity index (χ2v) is 7.83. The van der Waals surface area contributed by atoms with Gasteiger partial charge in [0.15, 0.2) is 0 Å². The first-order chi connectivity index (χ1) is 13.5. The fourth-order valence-electron chi connectivity index (χ4n) is 3.41. The Kier molecular flexibility index (Phi) is 7.31. The summed E-state index contributed by atoms with van der Waals surface area (Å²) in [5, 5.41) is 6.17. The van der Waals surface area contributed by atoms with E-state index in [9.17, 15) is 9.59 Å². The van der Waals surface area contributed by atoms with E-state index in [2.05, 4.69) is 16.7 Å². The Morgan fingerprint density at radius 1 is 0.964 bits per heavy atom. The predicted octanol–water partition coefficient (Wildman–Crippen LogP) is 2.22. The minimum atomic E-state index is -0.408. The highest BCUT2D eigenvalue weighted by atomic mass is 35.5. The molecule has 28 heavy (non-hydrogen) atoms. The molecule has 0 aliphatic carbocycles. The fraction of sp³-hybridized carbons (Fsp3) is 0.333. The summed E-state index contributed by atoms with van der Waals surface area (Å²) in [6.07, 6.45) is 2.57. The van der Waals surface area contributed by atoms with Gasteiger partial charge in [0.2, 0.25) is 5.91 Å². The Hall–Kier alpha value is -2.08. The minimum absolute atomic E-state index is 0.114. The van der Waals surface area contributed by atoms with Gasteiger partial charge in [0, 0.05) is 30.0 Å². The molecule has 2 aromatic rings. The van der Waals surface area contributed by atoms with Gasteiger partial charge in [-0.3, -0.25) is 9.59 Å². The molecule has 1 aliphatic rings. The standard InChI is InChI=1S/C21H23Cl2N3O2/c22-17-7-8-18(19(23)11-17)21(28)25-13-20(27)24-12-15-5-1-2-6-16(15)14-26-9-3-4-10-26/h1-2,5-8,11H,3-4,9-10,12-14H2,(H,24,27)(H,25,28)/p+1. The first-order valence-corrected chi connectivity index (χ1v) is 10.2. The van der Waals surface area contributed by atoms with E-state index in [0.717, 1.165) is 12.1 Å². The van der Waals surface area contributed by atoms with E-state index in [1.54, 1.807) is 11.0 Å². The highest BCUT2D eigenvalue weighted by Gasteiger charge is 2.17. The maximum absolute atomic E-state index is 12.2. The predicted molar refractivity (Wildman–Crippen MR) is 111 cm³/mol. The van der Waals surface area contributed by atoms with Gasteiger partial charge < -0.3 is 15.5 Å². The van der Waals surface area contributed by atoms with Crippen LogP contribution in [0.3, 0.4) is 0 Å². The van der Waals surface area contributed by atoms with E-state index >= 15 is 0 Å². The molecule has 5 nitrogen and oxygen atoms in total. The second-order valence-electron chi connectivity index (χ2n) is 6.99. The van der Waals surface area contributed by atoms with Crippen LogP contribution in [-0.2, 0) is 17.9 Å². The maximum Gasteiger partial charge on any atom is 0.253 e. The Balaban J connectivity index is 1.50. The summed E-state index contributed by atoms with van der Waals surface area (Å²) in [4.78, 5) is 25.9. The number of hydrogen-bond donors (Lipinski definition) is 3. The van der Waals surface area contributed by atoms with Crippen molar-refractivity contribution in [2.75, 3.05) is 19.6 Å². The molecule has 0 aromatic heterocycles. The number of rotatable bonds is 7. The monoisotopic (exact) mass is 420 g/mol. The van der Waals surface area contributed by atoms with Crippen molar-refractivity contribution in [3.63, 3.8) is 0 Å². The van der Waals surface area contributed by atoms with Gasteiger partial charge >= 0.3 is 0 Å². The van der Waals surface area contributed by atoms with Crippen molar-refractivity contribution >= 4 is 35.0 Å². The molecule has 0 atom stereocenters. The molecule has 0 saturated carbocycles. The smallest absolute Gasteiger partial charge is 0.253 e. The molecule has 0 bridgehead atoms. The van der Waals surface area contributed by atoms with Crippen molar-refractivity contribution in [2.24, 2.45) is 0 Å². The Labute approximate surface area is 175 Å². The van der Waals surface area contributed by atoms with Crippen LogP contribution in [0.25, 0.3) is 0 Å². The quantitative estimate of drug-likeness (QED) is 0.642. The number of carbonyl (C=O) groups excluding carboxylic acids is 2. The minimum Gasteiger partial charge on any atom is -0.350 e. The summed E-state index contributed by atoms with van der Waals surface area (Å²) >= 11 is 11.9. The third-order valence-corrected chi connectivity index (χ3v) is 5.48. The molecule has 0 radical (unpaired) electrons. The van der Waals surface area contributed by atoms with E-state index in [1.165, 1.54) is 43.6 Å². The molecule has 7 heteroatoms. The number of halogens is 2. The lowest BCUT2D eigenvalue weighted by atomic mass is 10.1. The lowest BCUT2D eigenvalue weighted by Crippen LogP contribution is -3.08. The normalized spacial score (nSPS) is 14.1. The Bertz CT molecular complexity index is 851. The highest BCUT2D eigenvalue weighted by Crippen LogP contribution is 2.20. The third kappa shape index (κ3) is 5.71. The fourth-order valence-corrected chi connectivity index (χ4v) is 3.90. The Morgan fingerprint density at radius 3 is 2.39 bits per heavy atom. The topological polar surface area (TPSA) is 62.6 Å².